The van der Waals surface area contributed by atoms with E-state index in [0.29, 0.717) is 11.5 Å². The zero-order valence-corrected chi connectivity index (χ0v) is 19.3. The molecular formula is C30H30N2O. The Morgan fingerprint density at radius 1 is 1.00 bits per heavy atom. The molecule has 1 atom stereocenters. The maximum atomic E-state index is 13.6. The van der Waals surface area contributed by atoms with Gasteiger partial charge in [0.2, 0.25) is 0 Å². The quantitative estimate of drug-likeness (QED) is 0.371. The van der Waals surface area contributed by atoms with Gasteiger partial charge in [-0.1, -0.05) is 80.6 Å². The number of aryl methyl sites for hydroxylation is 1. The summed E-state index contributed by atoms with van der Waals surface area (Å²) in [5.41, 5.74) is 7.31. The lowest BCUT2D eigenvalue weighted by Crippen LogP contribution is -2.31. The van der Waals surface area contributed by atoms with Crippen molar-refractivity contribution in [2.24, 2.45) is 5.92 Å². The number of benzene rings is 3. The Morgan fingerprint density at radius 3 is 2.58 bits per heavy atom. The van der Waals surface area contributed by atoms with Gasteiger partial charge in [0.25, 0.3) is 5.91 Å². The molecular weight excluding hydrogens is 404 g/mol. The first-order valence-electron chi connectivity index (χ1n) is 12.0. The molecule has 0 fully saturated rings. The zero-order valence-electron chi connectivity index (χ0n) is 19.3. The summed E-state index contributed by atoms with van der Waals surface area (Å²) in [7, 11) is 0. The van der Waals surface area contributed by atoms with Crippen LogP contribution in [-0.2, 0) is 12.8 Å². The van der Waals surface area contributed by atoms with E-state index in [-0.39, 0.29) is 11.9 Å². The number of hydrogen-bond donors (Lipinski definition) is 1. The van der Waals surface area contributed by atoms with Crippen LogP contribution in [0.5, 0.6) is 0 Å². The van der Waals surface area contributed by atoms with E-state index in [1.807, 2.05) is 30.3 Å². The Labute approximate surface area is 195 Å². The molecule has 0 saturated carbocycles. The fraction of sp³-hybridized carbons (Fsp3) is 0.267. The number of fused-ring (bicyclic) bond motifs is 2. The Hall–Kier alpha value is -3.46. The predicted molar refractivity (Wildman–Crippen MR) is 135 cm³/mol. The van der Waals surface area contributed by atoms with Gasteiger partial charge in [-0.15, -0.1) is 0 Å². The van der Waals surface area contributed by atoms with Gasteiger partial charge in [0.1, 0.15) is 0 Å². The molecule has 0 saturated heterocycles. The van der Waals surface area contributed by atoms with E-state index in [1.165, 1.54) is 16.7 Å². The maximum Gasteiger partial charge on any atom is 0.252 e. The second kappa shape index (κ2) is 9.19. The van der Waals surface area contributed by atoms with Crippen molar-refractivity contribution in [1.29, 1.82) is 0 Å². The zero-order chi connectivity index (χ0) is 22.8. The number of hydrogen-bond acceptors (Lipinski definition) is 2. The largest absolute Gasteiger partial charge is 0.345 e. The number of aromatic nitrogens is 1. The van der Waals surface area contributed by atoms with E-state index in [2.05, 4.69) is 67.7 Å². The lowest BCUT2D eigenvalue weighted by Gasteiger charge is -2.26. The fourth-order valence-electron chi connectivity index (χ4n) is 4.93. The van der Waals surface area contributed by atoms with Crippen LogP contribution in [0.1, 0.15) is 59.8 Å². The van der Waals surface area contributed by atoms with Crippen molar-refractivity contribution in [2.75, 3.05) is 0 Å². The van der Waals surface area contributed by atoms with Gasteiger partial charge in [0, 0.05) is 10.9 Å². The number of rotatable bonds is 5. The molecule has 33 heavy (non-hydrogen) atoms. The molecule has 3 nitrogen and oxygen atoms in total. The highest BCUT2D eigenvalue weighted by molar-refractivity contribution is 6.07. The molecule has 1 aliphatic carbocycles. The lowest BCUT2D eigenvalue weighted by molar-refractivity contribution is 0.0934. The Morgan fingerprint density at radius 2 is 1.76 bits per heavy atom. The molecule has 3 heteroatoms. The first-order chi connectivity index (χ1) is 16.1. The summed E-state index contributed by atoms with van der Waals surface area (Å²) in [6.07, 6.45) is 4.20. The third-order valence-corrected chi connectivity index (χ3v) is 6.53. The second-order valence-electron chi connectivity index (χ2n) is 9.48. The molecule has 0 bridgehead atoms. The molecule has 0 radical (unpaired) electrons. The van der Waals surface area contributed by atoms with Gasteiger partial charge in [-0.3, -0.25) is 4.79 Å². The van der Waals surface area contributed by atoms with Gasteiger partial charge in [-0.2, -0.15) is 0 Å². The van der Waals surface area contributed by atoms with Crippen LogP contribution in [0.2, 0.25) is 0 Å². The van der Waals surface area contributed by atoms with Crippen LogP contribution in [0.4, 0.5) is 0 Å². The topological polar surface area (TPSA) is 42.0 Å². The summed E-state index contributed by atoms with van der Waals surface area (Å²) < 4.78 is 0. The van der Waals surface area contributed by atoms with Gasteiger partial charge in [-0.05, 0) is 60.4 Å². The summed E-state index contributed by atoms with van der Waals surface area (Å²) in [5.74, 6) is 0.586. The Balaban J connectivity index is 1.50. The minimum Gasteiger partial charge on any atom is -0.345 e. The molecule has 1 aromatic heterocycles. The van der Waals surface area contributed by atoms with Crippen molar-refractivity contribution in [2.45, 2.75) is 45.6 Å². The predicted octanol–water partition coefficient (Wildman–Crippen LogP) is 6.91. The molecule has 1 heterocycles. The number of nitrogens with one attached hydrogen (secondary N) is 1. The highest BCUT2D eigenvalue weighted by Crippen LogP contribution is 2.31. The van der Waals surface area contributed by atoms with Crippen LogP contribution in [0.3, 0.4) is 0 Å². The minimum absolute atomic E-state index is 0.0343. The monoisotopic (exact) mass is 434 g/mol. The van der Waals surface area contributed by atoms with Gasteiger partial charge in [0.15, 0.2) is 0 Å². The van der Waals surface area contributed by atoms with Gasteiger partial charge < -0.3 is 5.32 Å². The van der Waals surface area contributed by atoms with Crippen LogP contribution in [0, 0.1) is 5.92 Å². The summed E-state index contributed by atoms with van der Waals surface area (Å²) in [5, 5.41) is 4.21. The lowest BCUT2D eigenvalue weighted by atomic mass is 9.87. The average molecular weight is 435 g/mol. The molecule has 0 unspecified atom stereocenters. The van der Waals surface area contributed by atoms with E-state index >= 15 is 0 Å². The van der Waals surface area contributed by atoms with E-state index in [0.717, 1.165) is 47.8 Å². The molecule has 4 aromatic rings. The van der Waals surface area contributed by atoms with Crippen molar-refractivity contribution in [3.63, 3.8) is 0 Å². The number of nitrogens with zero attached hydrogens (tertiary/aromatic N) is 1. The van der Waals surface area contributed by atoms with E-state index < -0.39 is 0 Å². The molecule has 0 spiro atoms. The third kappa shape index (κ3) is 4.54. The number of carbonyl (C=O) groups is 1. The van der Waals surface area contributed by atoms with E-state index in [1.54, 1.807) is 0 Å². The summed E-state index contributed by atoms with van der Waals surface area (Å²) in [6.45, 7) is 4.46. The Bertz CT molecular complexity index is 1290. The van der Waals surface area contributed by atoms with E-state index in [4.69, 9.17) is 4.98 Å². The average Bonchev–Trinajstić information content (AvgIpc) is 2.83. The van der Waals surface area contributed by atoms with Crippen molar-refractivity contribution < 1.29 is 4.79 Å². The smallest absolute Gasteiger partial charge is 0.252 e. The molecule has 166 valence electrons. The molecule has 5 rings (SSSR count). The third-order valence-electron chi connectivity index (χ3n) is 6.53. The normalized spacial score (nSPS) is 15.4. The molecule has 3 aromatic carbocycles. The second-order valence-corrected chi connectivity index (χ2v) is 9.48. The van der Waals surface area contributed by atoms with E-state index in [9.17, 15) is 4.79 Å². The van der Waals surface area contributed by atoms with Crippen LogP contribution in [-0.4, -0.2) is 10.9 Å². The van der Waals surface area contributed by atoms with Crippen molar-refractivity contribution in [3.8, 4) is 11.3 Å². The summed E-state index contributed by atoms with van der Waals surface area (Å²) >= 11 is 0. The first kappa shape index (κ1) is 21.4. The number of carbonyl (C=O) groups excluding carboxylic acids is 1. The standard InChI is InChI=1S/C30H30N2O/c1-20(2)18-21-14-16-23(17-15-21)29-19-26(25-11-5-6-12-28(25)31-29)30(33)32-27-13-7-9-22-8-3-4-10-24(22)27/h3-6,8,10-12,14-17,19-20,27H,7,9,13,18H2,1-2H3,(H,32,33)/t27-/m1/s1. The van der Waals surface area contributed by atoms with Gasteiger partial charge in [0.05, 0.1) is 22.8 Å². The first-order valence-corrected chi connectivity index (χ1v) is 12.0. The van der Waals surface area contributed by atoms with Gasteiger partial charge >= 0.3 is 0 Å². The van der Waals surface area contributed by atoms with Crippen molar-refractivity contribution >= 4 is 16.8 Å². The number of pyridine rings is 1. The molecule has 0 aliphatic heterocycles. The summed E-state index contributed by atoms with van der Waals surface area (Å²) in [4.78, 5) is 18.4. The molecule has 1 N–H and O–H groups in total. The highest BCUT2D eigenvalue weighted by atomic mass is 16.1. The summed E-state index contributed by atoms with van der Waals surface area (Å²) in [6, 6.07) is 27.0. The van der Waals surface area contributed by atoms with Gasteiger partial charge in [-0.25, -0.2) is 4.98 Å². The number of para-hydroxylation sites is 1. The van der Waals surface area contributed by atoms with Crippen molar-refractivity contribution in [1.82, 2.24) is 10.3 Å². The van der Waals surface area contributed by atoms with Crippen LogP contribution < -0.4 is 5.32 Å². The fourth-order valence-corrected chi connectivity index (χ4v) is 4.93. The maximum absolute atomic E-state index is 13.6. The molecule has 1 aliphatic rings. The van der Waals surface area contributed by atoms with Crippen LogP contribution in [0.25, 0.3) is 22.2 Å². The highest BCUT2D eigenvalue weighted by Gasteiger charge is 2.23. The van der Waals surface area contributed by atoms with Crippen molar-refractivity contribution in [3.05, 3.63) is 101 Å². The van der Waals surface area contributed by atoms with Crippen LogP contribution in [0.15, 0.2) is 78.9 Å². The molecule has 1 amide bonds. The minimum atomic E-state index is -0.0343. The van der Waals surface area contributed by atoms with Crippen LogP contribution >= 0.6 is 0 Å². The SMILES string of the molecule is CC(C)Cc1ccc(-c2cc(C(=O)N[C@@H]3CCCc4ccccc43)c3ccccc3n2)cc1. The Kier molecular flexibility index (Phi) is 5.95. The number of amides is 1.